The van der Waals surface area contributed by atoms with E-state index in [4.69, 9.17) is 37.0 Å². The van der Waals surface area contributed by atoms with E-state index >= 15 is 0 Å². The van der Waals surface area contributed by atoms with E-state index in [0.29, 0.717) is 38.5 Å². The molecule has 0 aromatic carbocycles. The number of allylic oxidation sites excluding steroid dienone is 26. The van der Waals surface area contributed by atoms with Crippen LogP contribution in [0.25, 0.3) is 0 Å². The number of unbranched alkanes of at least 4 members (excludes halogenated alkanes) is 21. The Bertz CT molecular complexity index is 2590. The Labute approximate surface area is 629 Å². The fourth-order valence-electron chi connectivity index (χ4n) is 9.96. The van der Waals surface area contributed by atoms with Crippen molar-refractivity contribution in [2.45, 2.75) is 316 Å². The van der Waals surface area contributed by atoms with Crippen molar-refractivity contribution < 1.29 is 80.2 Å². The molecule has 5 unspecified atom stereocenters. The van der Waals surface area contributed by atoms with Gasteiger partial charge in [0.05, 0.1) is 26.4 Å². The second-order valence-electron chi connectivity index (χ2n) is 25.9. The van der Waals surface area contributed by atoms with Crippen molar-refractivity contribution in [3.63, 3.8) is 0 Å². The van der Waals surface area contributed by atoms with E-state index in [1.54, 1.807) is 0 Å². The van der Waals surface area contributed by atoms with Gasteiger partial charge in [-0.15, -0.1) is 0 Å². The number of rotatable bonds is 73. The monoisotopic (exact) mass is 1490 g/mol. The van der Waals surface area contributed by atoms with Gasteiger partial charge in [0.2, 0.25) is 0 Å². The Kier molecular flexibility index (Phi) is 72.0. The number of carbonyl (C=O) groups is 4. The fraction of sp³-hybridized carbons (Fsp3) is 0.647. The summed E-state index contributed by atoms with van der Waals surface area (Å²) in [6, 6.07) is 0. The molecule has 0 rings (SSSR count). The number of phosphoric acid groups is 2. The smallest absolute Gasteiger partial charge is 0.462 e. The molecular weight excluding hydrogens is 1350 g/mol. The molecule has 0 aliphatic carbocycles. The predicted molar refractivity (Wildman–Crippen MR) is 427 cm³/mol. The van der Waals surface area contributed by atoms with Crippen LogP contribution in [0.15, 0.2) is 158 Å². The molecule has 5 atom stereocenters. The Hall–Kier alpha value is -5.32. The number of aliphatic hydroxyl groups is 1. The molecule has 0 aliphatic heterocycles. The highest BCUT2D eigenvalue weighted by atomic mass is 31.2. The summed E-state index contributed by atoms with van der Waals surface area (Å²) >= 11 is 0. The topological polar surface area (TPSA) is 237 Å². The lowest BCUT2D eigenvalue weighted by Gasteiger charge is -2.21. The summed E-state index contributed by atoms with van der Waals surface area (Å²) < 4.78 is 68.5. The predicted octanol–water partition coefficient (Wildman–Crippen LogP) is 23.2. The SMILES string of the molecule is CC/C=C\C/C=C\C/C=C\C/C=C\C/C=C\CCCC(=O)OCC(COP(=O)(O)OCC(O)COP(=O)(O)OCC(COC(=O)CCC/C=C\C/C=C\C/C=C\C/C=C\C/C=C\CC)OC(=O)CCCCCCC/C=C\CCCCCCCC)OC(=O)CCCCCCC/C=C\C/C=C\CCCCC. The average molecular weight is 1500 g/mol. The lowest BCUT2D eigenvalue weighted by Crippen LogP contribution is -2.30. The zero-order valence-electron chi connectivity index (χ0n) is 64.6. The molecule has 0 aliphatic rings. The standard InChI is InChI=1S/C85H140O17P2/c1-5-9-13-17-21-25-29-33-37-39-43-45-49-53-57-61-65-69-82(87)95-75-80(101-84(89)71-67-63-59-55-51-47-41-35-31-27-23-19-15-11-7-3)77-99-103(91,92)97-73-79(86)74-98-104(93,94)100-78-81(102-85(90)72-68-64-60-56-52-48-42-36-32-28-24-20-16-12-8-4)76-96-83(88)70-66-62-58-54-50-46-44-40-38-34-30-26-22-18-14-10-6-2/h9-10,13-14,21-23,25-27,33-38,41-46,53-54,57-58,79-81,86H,5-8,11-12,15-20,24,28-32,39-40,47-52,55-56,59-78H2,1-4H3,(H,91,92)(H,93,94)/b13-9-,14-10-,25-21-,26-22-,27-23-,37-33-,38-34-,41-35-,42-36-,45-43-,46-44-,57-53-,58-54-. The Morgan fingerprint density at radius 1 is 0.279 bits per heavy atom. The maximum Gasteiger partial charge on any atom is 0.472 e. The van der Waals surface area contributed by atoms with Gasteiger partial charge in [-0.3, -0.25) is 37.3 Å². The van der Waals surface area contributed by atoms with Gasteiger partial charge in [-0.25, -0.2) is 9.13 Å². The van der Waals surface area contributed by atoms with Crippen LogP contribution in [0.1, 0.15) is 297 Å². The number of ether oxygens (including phenoxy) is 4. The average Bonchev–Trinajstić information content (AvgIpc) is 0.937. The first-order valence-corrected chi connectivity index (χ1v) is 42.7. The molecule has 104 heavy (non-hydrogen) atoms. The summed E-state index contributed by atoms with van der Waals surface area (Å²) in [5.41, 5.74) is 0. The molecule has 0 bridgehead atoms. The second kappa shape index (κ2) is 75.9. The van der Waals surface area contributed by atoms with E-state index in [2.05, 4.69) is 161 Å². The Morgan fingerprint density at radius 3 is 0.827 bits per heavy atom. The number of carbonyl (C=O) groups excluding carboxylic acids is 4. The molecule has 0 spiro atoms. The summed E-state index contributed by atoms with van der Waals surface area (Å²) in [6.07, 6.45) is 88.1. The van der Waals surface area contributed by atoms with Gasteiger partial charge in [0, 0.05) is 25.7 Å². The summed E-state index contributed by atoms with van der Waals surface area (Å²) in [7, 11) is -10.0. The first kappa shape index (κ1) is 98.7. The first-order valence-electron chi connectivity index (χ1n) is 39.7. The van der Waals surface area contributed by atoms with Gasteiger partial charge in [-0.1, -0.05) is 269 Å². The van der Waals surface area contributed by atoms with E-state index in [-0.39, 0.29) is 25.7 Å². The van der Waals surface area contributed by atoms with Crippen molar-refractivity contribution in [1.82, 2.24) is 0 Å². The number of esters is 4. The quantitative estimate of drug-likeness (QED) is 0.0169. The van der Waals surface area contributed by atoms with E-state index in [1.807, 2.05) is 24.3 Å². The highest BCUT2D eigenvalue weighted by Gasteiger charge is 2.30. The van der Waals surface area contributed by atoms with Crippen molar-refractivity contribution in [3.8, 4) is 0 Å². The number of hydrogen-bond donors (Lipinski definition) is 3. The normalized spacial score (nSPS) is 14.7. The van der Waals surface area contributed by atoms with Gasteiger partial charge >= 0.3 is 39.5 Å². The van der Waals surface area contributed by atoms with E-state index in [1.165, 1.54) is 57.8 Å². The summed E-state index contributed by atoms with van der Waals surface area (Å²) in [5.74, 6) is -2.34. The third-order valence-corrected chi connectivity index (χ3v) is 17.9. The van der Waals surface area contributed by atoms with Crippen LogP contribution in [0, 0.1) is 0 Å². The molecule has 0 aromatic heterocycles. The van der Waals surface area contributed by atoms with Crippen molar-refractivity contribution >= 4 is 39.5 Å². The first-order chi connectivity index (χ1) is 50.7. The van der Waals surface area contributed by atoms with E-state index in [0.717, 1.165) is 148 Å². The minimum atomic E-state index is -5.00. The zero-order chi connectivity index (χ0) is 76.0. The lowest BCUT2D eigenvalue weighted by atomic mass is 10.1. The number of phosphoric ester groups is 2. The fourth-order valence-corrected chi connectivity index (χ4v) is 11.5. The van der Waals surface area contributed by atoms with Crippen LogP contribution in [0.2, 0.25) is 0 Å². The summed E-state index contributed by atoms with van der Waals surface area (Å²) in [4.78, 5) is 73.0. The molecule has 0 aromatic rings. The molecule has 592 valence electrons. The van der Waals surface area contributed by atoms with Crippen LogP contribution in [0.4, 0.5) is 0 Å². The molecular formula is C85H140O17P2. The van der Waals surface area contributed by atoms with E-state index in [9.17, 15) is 43.2 Å². The van der Waals surface area contributed by atoms with E-state index < -0.39 is 97.5 Å². The highest BCUT2D eigenvalue weighted by Crippen LogP contribution is 2.45. The minimum absolute atomic E-state index is 0.0605. The van der Waals surface area contributed by atoms with Crippen molar-refractivity contribution in [2.75, 3.05) is 39.6 Å². The van der Waals surface area contributed by atoms with Crippen molar-refractivity contribution in [2.24, 2.45) is 0 Å². The van der Waals surface area contributed by atoms with Gasteiger partial charge in [0.1, 0.15) is 19.3 Å². The van der Waals surface area contributed by atoms with Crippen LogP contribution in [0.3, 0.4) is 0 Å². The van der Waals surface area contributed by atoms with Crippen LogP contribution in [-0.2, 0) is 65.4 Å². The minimum Gasteiger partial charge on any atom is -0.462 e. The zero-order valence-corrected chi connectivity index (χ0v) is 66.4. The third-order valence-electron chi connectivity index (χ3n) is 16.0. The Morgan fingerprint density at radius 2 is 0.510 bits per heavy atom. The third kappa shape index (κ3) is 74.9. The molecule has 19 heteroatoms. The molecule has 0 saturated carbocycles. The highest BCUT2D eigenvalue weighted by molar-refractivity contribution is 7.47. The largest absolute Gasteiger partial charge is 0.472 e. The molecule has 17 nitrogen and oxygen atoms in total. The second-order valence-corrected chi connectivity index (χ2v) is 28.8. The molecule has 0 heterocycles. The summed E-state index contributed by atoms with van der Waals surface area (Å²) in [6.45, 7) is 4.45. The Balaban J connectivity index is 5.49. The molecule has 0 saturated heterocycles. The molecule has 0 amide bonds. The van der Waals surface area contributed by atoms with Gasteiger partial charge < -0.3 is 33.8 Å². The lowest BCUT2D eigenvalue weighted by molar-refractivity contribution is -0.161. The summed E-state index contributed by atoms with van der Waals surface area (Å²) in [5, 5.41) is 10.6. The number of hydrogen-bond acceptors (Lipinski definition) is 15. The van der Waals surface area contributed by atoms with Crippen LogP contribution >= 0.6 is 15.6 Å². The molecule has 0 fully saturated rings. The van der Waals surface area contributed by atoms with Crippen LogP contribution in [-0.4, -0.2) is 96.7 Å². The van der Waals surface area contributed by atoms with Crippen LogP contribution < -0.4 is 0 Å². The molecule has 0 radical (unpaired) electrons. The maximum atomic E-state index is 13.1. The number of aliphatic hydroxyl groups excluding tert-OH is 1. The van der Waals surface area contributed by atoms with Gasteiger partial charge in [0.25, 0.3) is 0 Å². The van der Waals surface area contributed by atoms with Crippen LogP contribution in [0.5, 0.6) is 0 Å². The van der Waals surface area contributed by atoms with Crippen molar-refractivity contribution in [3.05, 3.63) is 158 Å². The van der Waals surface area contributed by atoms with Crippen molar-refractivity contribution in [1.29, 1.82) is 0 Å². The van der Waals surface area contributed by atoms with Gasteiger partial charge in [-0.05, 0) is 161 Å². The van der Waals surface area contributed by atoms with Gasteiger partial charge in [0.15, 0.2) is 12.2 Å². The molecule has 3 N–H and O–H groups in total. The maximum absolute atomic E-state index is 13.1. The van der Waals surface area contributed by atoms with Gasteiger partial charge in [-0.2, -0.15) is 0 Å².